The second-order valence-corrected chi connectivity index (χ2v) is 3.16. The molecule has 0 rings (SSSR count). The van der Waals surface area contributed by atoms with E-state index < -0.39 is 0 Å². The molecule has 0 aromatic rings. The van der Waals surface area contributed by atoms with Crippen molar-refractivity contribution in [3.8, 4) is 0 Å². The molecule has 0 bridgehead atoms. The number of Topliss-reactive ketones (excluding diaryl/α,β-unsaturated/α-hetero) is 4. The summed E-state index contributed by atoms with van der Waals surface area (Å²) >= 11 is 0. The first kappa shape index (κ1) is 19.8. The van der Waals surface area contributed by atoms with Crippen LogP contribution in [0.25, 0.3) is 0 Å². The molecule has 0 radical (unpaired) electrons. The Morgan fingerprint density at radius 1 is 0.600 bits per heavy atom. The van der Waals surface area contributed by atoms with Crippen LogP contribution in [0.3, 0.4) is 0 Å². The molecule has 0 aliphatic carbocycles. The smallest absolute Gasteiger partial charge is 0.137 e. The van der Waals surface area contributed by atoms with E-state index in [2.05, 4.69) is 0 Å². The van der Waals surface area contributed by atoms with Crippen molar-refractivity contribution in [2.45, 2.75) is 40.5 Å². The van der Waals surface area contributed by atoms with Crippen LogP contribution in [-0.2, 0) is 38.7 Å². The van der Waals surface area contributed by atoms with Crippen molar-refractivity contribution < 1.29 is 38.7 Å². The molecule has 15 heavy (non-hydrogen) atoms. The van der Waals surface area contributed by atoms with Crippen LogP contribution in [0.2, 0.25) is 0 Å². The Hall–Kier alpha value is -0.697. The van der Waals surface area contributed by atoms with Crippen molar-refractivity contribution in [2.24, 2.45) is 0 Å². The van der Waals surface area contributed by atoms with Gasteiger partial charge in [0.2, 0.25) is 0 Å². The van der Waals surface area contributed by atoms with Gasteiger partial charge in [0, 0.05) is 19.5 Å². The summed E-state index contributed by atoms with van der Waals surface area (Å²) < 4.78 is 0. The van der Waals surface area contributed by atoms with Gasteiger partial charge in [-0.05, 0) is 27.7 Å². The van der Waals surface area contributed by atoms with Crippen LogP contribution in [0.5, 0.6) is 0 Å². The maximum Gasteiger partial charge on any atom is 0.137 e. The van der Waals surface area contributed by atoms with Crippen LogP contribution in [0.4, 0.5) is 0 Å². The van der Waals surface area contributed by atoms with Crippen molar-refractivity contribution >= 4 is 23.1 Å². The summed E-state index contributed by atoms with van der Waals surface area (Å²) in [5.74, 6) is -0.250. The predicted molar refractivity (Wildman–Crippen MR) is 52.0 cm³/mol. The average Bonchev–Trinajstić information content (AvgIpc) is 1.79. The van der Waals surface area contributed by atoms with Gasteiger partial charge in [-0.15, -0.1) is 0 Å². The molecular weight excluding hydrogens is 249 g/mol. The second-order valence-electron chi connectivity index (χ2n) is 3.16. The molecule has 0 unspecified atom stereocenters. The fourth-order valence-electron chi connectivity index (χ4n) is 0.701. The van der Waals surface area contributed by atoms with Crippen molar-refractivity contribution in [2.75, 3.05) is 0 Å². The Morgan fingerprint density at radius 3 is 0.733 bits per heavy atom. The third kappa shape index (κ3) is 31.9. The molecule has 0 atom stereocenters. The van der Waals surface area contributed by atoms with E-state index in [1.54, 1.807) is 0 Å². The Kier molecular flexibility index (Phi) is 15.0. The fraction of sp³-hybridized carbons (Fsp3) is 0.600. The maximum atomic E-state index is 10.0. The number of hydrogen-bond donors (Lipinski definition) is 0. The van der Waals surface area contributed by atoms with Crippen molar-refractivity contribution in [1.82, 2.24) is 0 Å². The van der Waals surface area contributed by atoms with Gasteiger partial charge in [0.25, 0.3) is 0 Å². The zero-order valence-electron chi connectivity index (χ0n) is 9.75. The van der Waals surface area contributed by atoms with E-state index >= 15 is 0 Å². The van der Waals surface area contributed by atoms with Crippen molar-refractivity contribution in [3.05, 3.63) is 0 Å². The summed E-state index contributed by atoms with van der Waals surface area (Å²) in [7, 11) is 0. The summed E-state index contributed by atoms with van der Waals surface area (Å²) in [6, 6.07) is 0. The molecule has 0 aliphatic rings. The quantitative estimate of drug-likeness (QED) is 0.564. The molecular formula is C10H16O4Zn. The van der Waals surface area contributed by atoms with Gasteiger partial charge in [0.05, 0.1) is 12.8 Å². The molecule has 5 heteroatoms. The molecule has 0 amide bonds. The molecule has 0 fully saturated rings. The van der Waals surface area contributed by atoms with E-state index in [4.69, 9.17) is 0 Å². The summed E-state index contributed by atoms with van der Waals surface area (Å²) in [6.07, 6.45) is 0.167. The Bertz CT molecular complexity index is 196. The predicted octanol–water partition coefficient (Wildman–Crippen LogP) is 1.11. The zero-order valence-corrected chi connectivity index (χ0v) is 12.7. The van der Waals surface area contributed by atoms with Gasteiger partial charge in [-0.2, -0.15) is 0 Å². The minimum atomic E-state index is -0.0625. The van der Waals surface area contributed by atoms with Crippen molar-refractivity contribution in [1.29, 1.82) is 0 Å². The molecule has 0 aromatic heterocycles. The largest absolute Gasteiger partial charge is 0.300 e. The number of hydrogen-bond acceptors (Lipinski definition) is 4. The average molecular weight is 266 g/mol. The van der Waals surface area contributed by atoms with Gasteiger partial charge in [-0.25, -0.2) is 0 Å². The minimum absolute atomic E-state index is 0. The first-order valence-corrected chi connectivity index (χ1v) is 4.23. The van der Waals surface area contributed by atoms with Crippen LogP contribution >= 0.6 is 0 Å². The summed E-state index contributed by atoms with van der Waals surface area (Å²) in [6.45, 7) is 5.62. The zero-order chi connectivity index (χ0) is 11.7. The van der Waals surface area contributed by atoms with Crippen LogP contribution in [0, 0.1) is 0 Å². The first-order chi connectivity index (χ1) is 6.25. The molecule has 0 N–H and O–H groups in total. The van der Waals surface area contributed by atoms with E-state index in [0.717, 1.165) is 0 Å². The van der Waals surface area contributed by atoms with Crippen LogP contribution in [-0.4, -0.2) is 23.1 Å². The first-order valence-electron chi connectivity index (χ1n) is 4.23. The molecule has 0 aliphatic heterocycles. The molecule has 0 aromatic carbocycles. The van der Waals surface area contributed by atoms with Gasteiger partial charge >= 0.3 is 0 Å². The van der Waals surface area contributed by atoms with E-state index in [1.807, 2.05) is 0 Å². The van der Waals surface area contributed by atoms with Crippen molar-refractivity contribution in [3.63, 3.8) is 0 Å². The van der Waals surface area contributed by atoms with Crippen LogP contribution in [0.15, 0.2) is 0 Å². The molecule has 0 saturated heterocycles. The number of carbonyl (C=O) groups is 4. The standard InChI is InChI=1S/2C5H8O2.Zn/c2*1-4(6)3-5(2)7;/h2*3H2,1-2H3;. The molecule has 0 saturated carbocycles. The van der Waals surface area contributed by atoms with E-state index in [9.17, 15) is 19.2 Å². The fourth-order valence-corrected chi connectivity index (χ4v) is 0.701. The van der Waals surface area contributed by atoms with Gasteiger partial charge in [-0.3, -0.25) is 19.2 Å². The third-order valence-electron chi connectivity index (χ3n) is 0.996. The third-order valence-corrected chi connectivity index (χ3v) is 0.996. The number of rotatable bonds is 4. The Balaban J connectivity index is -0.000000180. The summed E-state index contributed by atoms with van der Waals surface area (Å²) in [5, 5.41) is 0. The minimum Gasteiger partial charge on any atom is -0.300 e. The maximum absolute atomic E-state index is 10.0. The molecule has 0 spiro atoms. The molecule has 4 nitrogen and oxygen atoms in total. The topological polar surface area (TPSA) is 68.3 Å². The van der Waals surface area contributed by atoms with Crippen LogP contribution in [0.1, 0.15) is 40.5 Å². The number of ketones is 4. The van der Waals surface area contributed by atoms with E-state index in [0.29, 0.717) is 0 Å². The van der Waals surface area contributed by atoms with Gasteiger partial charge in [0.1, 0.15) is 23.1 Å². The SMILES string of the molecule is CC(=O)CC(C)=O.CC(=O)CC(C)=O.[Zn]. The van der Waals surface area contributed by atoms with E-state index in [1.165, 1.54) is 27.7 Å². The molecule has 82 valence electrons. The van der Waals surface area contributed by atoms with Crippen LogP contribution < -0.4 is 0 Å². The summed E-state index contributed by atoms with van der Waals surface area (Å²) in [4.78, 5) is 40.1. The second kappa shape index (κ2) is 11.4. The normalized spacial score (nSPS) is 7.73. The van der Waals surface area contributed by atoms with Gasteiger partial charge < -0.3 is 0 Å². The van der Waals surface area contributed by atoms with Gasteiger partial charge in [0.15, 0.2) is 0 Å². The van der Waals surface area contributed by atoms with Gasteiger partial charge in [-0.1, -0.05) is 0 Å². The number of carbonyl (C=O) groups excluding carboxylic acids is 4. The Labute approximate surface area is 103 Å². The monoisotopic (exact) mass is 264 g/mol. The Morgan fingerprint density at radius 2 is 0.733 bits per heavy atom. The molecule has 0 heterocycles. The van der Waals surface area contributed by atoms with E-state index in [-0.39, 0.29) is 55.5 Å². The summed E-state index contributed by atoms with van der Waals surface area (Å²) in [5.41, 5.74) is 0.